The van der Waals surface area contributed by atoms with Crippen LogP contribution in [-0.2, 0) is 9.53 Å². The molecule has 1 fully saturated rings. The van der Waals surface area contributed by atoms with Gasteiger partial charge in [-0.3, -0.25) is 9.59 Å². The van der Waals surface area contributed by atoms with Crippen molar-refractivity contribution in [3.63, 3.8) is 0 Å². The third-order valence-corrected chi connectivity index (χ3v) is 2.63. The zero-order valence-electron chi connectivity index (χ0n) is 9.31. The van der Waals surface area contributed by atoms with E-state index >= 15 is 0 Å². The molecule has 3 N–H and O–H groups in total. The average Bonchev–Trinajstić information content (AvgIpc) is 2.24. The lowest BCUT2D eigenvalue weighted by Gasteiger charge is -2.25. The normalized spacial score (nSPS) is 15.1. The first-order valence-corrected chi connectivity index (χ1v) is 5.42. The summed E-state index contributed by atoms with van der Waals surface area (Å²) >= 11 is 0. The zero-order chi connectivity index (χ0) is 12.3. The van der Waals surface area contributed by atoms with E-state index in [9.17, 15) is 9.59 Å². The van der Waals surface area contributed by atoms with E-state index in [2.05, 4.69) is 5.32 Å². The molecule has 5 nitrogen and oxygen atoms in total. The second kappa shape index (κ2) is 4.97. The van der Waals surface area contributed by atoms with Gasteiger partial charge in [-0.15, -0.1) is 0 Å². The SMILES string of the molecule is NC(=O)c1ccc(NC(=O)CC2COC2)cc1. The Hall–Kier alpha value is -1.88. The van der Waals surface area contributed by atoms with E-state index in [1.165, 1.54) is 0 Å². The Bertz CT molecular complexity index is 424. The maximum atomic E-state index is 11.6. The molecular formula is C12H14N2O3. The molecular weight excluding hydrogens is 220 g/mol. The molecule has 0 aromatic heterocycles. The lowest BCUT2D eigenvalue weighted by Crippen LogP contribution is -2.31. The summed E-state index contributed by atoms with van der Waals surface area (Å²) in [5.74, 6) is -0.181. The van der Waals surface area contributed by atoms with Crippen LogP contribution in [0.15, 0.2) is 24.3 Å². The predicted octanol–water partition coefficient (Wildman–Crippen LogP) is 0.760. The van der Waals surface area contributed by atoms with Crippen LogP contribution in [0.5, 0.6) is 0 Å². The van der Waals surface area contributed by atoms with Crippen LogP contribution in [0, 0.1) is 5.92 Å². The molecule has 1 aliphatic heterocycles. The van der Waals surface area contributed by atoms with Crippen molar-refractivity contribution < 1.29 is 14.3 Å². The van der Waals surface area contributed by atoms with Crippen LogP contribution in [0.25, 0.3) is 0 Å². The van der Waals surface area contributed by atoms with Crippen molar-refractivity contribution in [2.45, 2.75) is 6.42 Å². The number of primary amides is 1. The maximum absolute atomic E-state index is 11.6. The van der Waals surface area contributed by atoms with E-state index in [4.69, 9.17) is 10.5 Å². The van der Waals surface area contributed by atoms with Crippen molar-refractivity contribution in [1.29, 1.82) is 0 Å². The second-order valence-corrected chi connectivity index (χ2v) is 4.10. The molecule has 0 bridgehead atoms. The number of amides is 2. The summed E-state index contributed by atoms with van der Waals surface area (Å²) in [4.78, 5) is 22.4. The maximum Gasteiger partial charge on any atom is 0.248 e. The smallest absolute Gasteiger partial charge is 0.248 e. The number of nitrogens with two attached hydrogens (primary N) is 1. The molecule has 5 heteroatoms. The highest BCUT2D eigenvalue weighted by Gasteiger charge is 2.21. The van der Waals surface area contributed by atoms with E-state index in [-0.39, 0.29) is 5.91 Å². The first-order valence-electron chi connectivity index (χ1n) is 5.42. The molecule has 0 atom stereocenters. The van der Waals surface area contributed by atoms with Crippen molar-refractivity contribution in [2.75, 3.05) is 18.5 Å². The van der Waals surface area contributed by atoms with E-state index < -0.39 is 5.91 Å². The van der Waals surface area contributed by atoms with Gasteiger partial charge < -0.3 is 15.8 Å². The number of hydrogen-bond acceptors (Lipinski definition) is 3. The van der Waals surface area contributed by atoms with E-state index in [0.717, 1.165) is 0 Å². The Morgan fingerprint density at radius 2 is 1.94 bits per heavy atom. The predicted molar refractivity (Wildman–Crippen MR) is 62.5 cm³/mol. The molecule has 1 aromatic carbocycles. The highest BCUT2D eigenvalue weighted by atomic mass is 16.5. The summed E-state index contributed by atoms with van der Waals surface area (Å²) in [6.07, 6.45) is 0.470. The molecule has 0 aliphatic carbocycles. The van der Waals surface area contributed by atoms with Gasteiger partial charge in [0.15, 0.2) is 0 Å². The minimum absolute atomic E-state index is 0.0369. The van der Waals surface area contributed by atoms with Crippen LogP contribution in [0.3, 0.4) is 0 Å². The van der Waals surface area contributed by atoms with Crippen LogP contribution in [-0.4, -0.2) is 25.0 Å². The second-order valence-electron chi connectivity index (χ2n) is 4.10. The van der Waals surface area contributed by atoms with Crippen LogP contribution < -0.4 is 11.1 Å². The minimum Gasteiger partial charge on any atom is -0.381 e. The minimum atomic E-state index is -0.477. The van der Waals surface area contributed by atoms with Gasteiger partial charge in [0, 0.05) is 23.6 Å². The first kappa shape index (κ1) is 11.6. The van der Waals surface area contributed by atoms with Gasteiger partial charge in [0.05, 0.1) is 13.2 Å². The van der Waals surface area contributed by atoms with Crippen molar-refractivity contribution in [2.24, 2.45) is 11.7 Å². The van der Waals surface area contributed by atoms with Crippen LogP contribution in [0.4, 0.5) is 5.69 Å². The van der Waals surface area contributed by atoms with Crippen molar-refractivity contribution in [3.8, 4) is 0 Å². The third-order valence-electron chi connectivity index (χ3n) is 2.63. The number of benzene rings is 1. The number of ether oxygens (including phenoxy) is 1. The third kappa shape index (κ3) is 3.04. The zero-order valence-corrected chi connectivity index (χ0v) is 9.31. The molecule has 2 amide bonds. The molecule has 0 spiro atoms. The van der Waals surface area contributed by atoms with Crippen LogP contribution >= 0.6 is 0 Å². The largest absolute Gasteiger partial charge is 0.381 e. The number of nitrogens with one attached hydrogen (secondary N) is 1. The summed E-state index contributed by atoms with van der Waals surface area (Å²) in [5.41, 5.74) is 6.21. The summed E-state index contributed by atoms with van der Waals surface area (Å²) in [6, 6.07) is 6.50. The molecule has 0 radical (unpaired) electrons. The topological polar surface area (TPSA) is 81.4 Å². The average molecular weight is 234 g/mol. The van der Waals surface area contributed by atoms with Gasteiger partial charge in [-0.2, -0.15) is 0 Å². The van der Waals surface area contributed by atoms with Gasteiger partial charge in [-0.1, -0.05) is 0 Å². The van der Waals surface area contributed by atoms with Crippen molar-refractivity contribution in [3.05, 3.63) is 29.8 Å². The molecule has 2 rings (SSSR count). The van der Waals surface area contributed by atoms with Crippen LogP contribution in [0.1, 0.15) is 16.8 Å². The van der Waals surface area contributed by atoms with Gasteiger partial charge in [0.1, 0.15) is 0 Å². The lowest BCUT2D eigenvalue weighted by molar-refractivity contribution is -0.121. The fourth-order valence-corrected chi connectivity index (χ4v) is 1.59. The number of rotatable bonds is 4. The van der Waals surface area contributed by atoms with Gasteiger partial charge in [-0.05, 0) is 24.3 Å². The van der Waals surface area contributed by atoms with E-state index in [1.807, 2.05) is 0 Å². The number of carbonyl (C=O) groups is 2. The first-order chi connectivity index (χ1) is 8.15. The summed E-state index contributed by atoms with van der Waals surface area (Å²) in [7, 11) is 0. The van der Waals surface area contributed by atoms with E-state index in [0.29, 0.717) is 36.8 Å². The van der Waals surface area contributed by atoms with Crippen LogP contribution in [0.2, 0.25) is 0 Å². The molecule has 90 valence electrons. The Balaban J connectivity index is 1.89. The molecule has 17 heavy (non-hydrogen) atoms. The lowest BCUT2D eigenvalue weighted by atomic mass is 10.0. The molecule has 1 saturated heterocycles. The Morgan fingerprint density at radius 1 is 1.29 bits per heavy atom. The fraction of sp³-hybridized carbons (Fsp3) is 0.333. The Morgan fingerprint density at radius 3 is 2.41 bits per heavy atom. The molecule has 0 saturated carbocycles. The quantitative estimate of drug-likeness (QED) is 0.807. The van der Waals surface area contributed by atoms with Crippen molar-refractivity contribution in [1.82, 2.24) is 0 Å². The van der Waals surface area contributed by atoms with Gasteiger partial charge >= 0.3 is 0 Å². The van der Waals surface area contributed by atoms with Crippen molar-refractivity contribution >= 4 is 17.5 Å². The Labute approximate surface area is 98.9 Å². The van der Waals surface area contributed by atoms with E-state index in [1.54, 1.807) is 24.3 Å². The molecule has 1 aromatic rings. The van der Waals surface area contributed by atoms with Gasteiger partial charge in [0.2, 0.25) is 11.8 Å². The highest BCUT2D eigenvalue weighted by Crippen LogP contribution is 2.16. The molecule has 0 unspecified atom stereocenters. The van der Waals surface area contributed by atoms with Gasteiger partial charge in [0.25, 0.3) is 0 Å². The monoisotopic (exact) mass is 234 g/mol. The fourth-order valence-electron chi connectivity index (χ4n) is 1.59. The summed E-state index contributed by atoms with van der Waals surface area (Å²) < 4.78 is 5.00. The number of hydrogen-bond donors (Lipinski definition) is 2. The molecule has 1 aliphatic rings. The molecule has 1 heterocycles. The highest BCUT2D eigenvalue weighted by molar-refractivity contribution is 5.94. The number of anilines is 1. The van der Waals surface area contributed by atoms with Gasteiger partial charge in [-0.25, -0.2) is 0 Å². The Kier molecular flexibility index (Phi) is 3.39. The number of carbonyl (C=O) groups excluding carboxylic acids is 2. The summed E-state index contributed by atoms with van der Waals surface area (Å²) in [5, 5.41) is 2.76. The standard InChI is InChI=1S/C12H14N2O3/c13-12(16)9-1-3-10(4-2-9)14-11(15)5-8-6-17-7-8/h1-4,8H,5-7H2,(H2,13,16)(H,14,15). The summed E-state index contributed by atoms with van der Waals surface area (Å²) in [6.45, 7) is 1.32.